The van der Waals surface area contributed by atoms with E-state index in [0.29, 0.717) is 30.1 Å². The fraction of sp³-hybridized carbons (Fsp3) is 0.385. The average Bonchev–Trinajstić information content (AvgIpc) is 3.58. The summed E-state index contributed by atoms with van der Waals surface area (Å²) in [6, 6.07) is 9.97. The fourth-order valence-corrected chi connectivity index (χ4v) is 4.66. The molecule has 6 rings (SSSR count). The van der Waals surface area contributed by atoms with Crippen LogP contribution in [0.2, 0.25) is 0 Å². The number of H-pyrrole nitrogens is 1. The normalized spacial score (nSPS) is 16.9. The Kier molecular flexibility index (Phi) is 5.76. The molecule has 1 aliphatic heterocycles. The zero-order valence-electron chi connectivity index (χ0n) is 19.1. The van der Waals surface area contributed by atoms with E-state index in [2.05, 4.69) is 42.3 Å². The highest BCUT2D eigenvalue weighted by Crippen LogP contribution is 2.34. The predicted molar refractivity (Wildman–Crippen MR) is 129 cm³/mol. The first-order chi connectivity index (χ1) is 16.7. The van der Waals surface area contributed by atoms with Crippen LogP contribution in [0.3, 0.4) is 0 Å². The van der Waals surface area contributed by atoms with Gasteiger partial charge in [-0.25, -0.2) is 19.3 Å². The van der Waals surface area contributed by atoms with Gasteiger partial charge in [-0.15, -0.1) is 0 Å². The molecule has 0 amide bonds. The Morgan fingerprint density at radius 3 is 2.76 bits per heavy atom. The van der Waals surface area contributed by atoms with Crippen molar-refractivity contribution in [2.75, 3.05) is 26.2 Å². The molecular weight excluding hydrogens is 429 g/mol. The van der Waals surface area contributed by atoms with Crippen molar-refractivity contribution in [1.82, 2.24) is 35.1 Å². The molecule has 1 saturated heterocycles. The topological polar surface area (TPSA) is 82.6 Å². The Labute approximate surface area is 197 Å². The van der Waals surface area contributed by atoms with Crippen LogP contribution in [-0.2, 0) is 19.4 Å². The quantitative estimate of drug-likeness (QED) is 0.442. The highest BCUT2D eigenvalue weighted by molar-refractivity contribution is 5.81. The first-order valence-corrected chi connectivity index (χ1v) is 12.1. The number of nitrogens with one attached hydrogen (secondary N) is 2. The molecule has 0 spiro atoms. The van der Waals surface area contributed by atoms with Crippen molar-refractivity contribution in [1.29, 1.82) is 0 Å². The summed E-state index contributed by atoms with van der Waals surface area (Å²) in [5.41, 5.74) is 5.58. The minimum absolute atomic E-state index is 0.306. The van der Waals surface area contributed by atoms with Gasteiger partial charge in [-0.05, 0) is 55.0 Å². The van der Waals surface area contributed by atoms with Crippen molar-refractivity contribution in [3.05, 3.63) is 71.4 Å². The van der Waals surface area contributed by atoms with Crippen molar-refractivity contribution in [3.8, 4) is 11.3 Å². The zero-order chi connectivity index (χ0) is 22.9. The molecule has 2 aliphatic rings. The molecule has 4 aromatic rings. The number of nitrogens with zero attached hydrogens (tertiary/aromatic N) is 5. The third kappa shape index (κ3) is 4.69. The van der Waals surface area contributed by atoms with Crippen molar-refractivity contribution < 1.29 is 4.39 Å². The molecule has 174 valence electrons. The van der Waals surface area contributed by atoms with E-state index >= 15 is 4.39 Å². The van der Waals surface area contributed by atoms with Crippen molar-refractivity contribution in [2.45, 2.75) is 32.2 Å². The zero-order valence-corrected chi connectivity index (χ0v) is 19.1. The number of piperazine rings is 1. The van der Waals surface area contributed by atoms with Crippen LogP contribution < -0.4 is 5.32 Å². The van der Waals surface area contributed by atoms with Crippen LogP contribution in [0.5, 0.6) is 0 Å². The van der Waals surface area contributed by atoms with Gasteiger partial charge < -0.3 is 10.3 Å². The monoisotopic (exact) mass is 457 g/mol. The Morgan fingerprint density at radius 1 is 1.03 bits per heavy atom. The third-order valence-electron chi connectivity index (χ3n) is 6.69. The average molecular weight is 458 g/mol. The lowest BCUT2D eigenvalue weighted by Gasteiger charge is -2.27. The second kappa shape index (κ2) is 9.19. The summed E-state index contributed by atoms with van der Waals surface area (Å²) in [6.45, 7) is 5.16. The second-order valence-electron chi connectivity index (χ2n) is 9.40. The van der Waals surface area contributed by atoms with Crippen LogP contribution in [0.4, 0.5) is 4.39 Å². The minimum atomic E-state index is -0.306. The summed E-state index contributed by atoms with van der Waals surface area (Å²) >= 11 is 0. The van der Waals surface area contributed by atoms with Crippen LogP contribution in [0.25, 0.3) is 22.3 Å². The van der Waals surface area contributed by atoms with E-state index in [1.54, 1.807) is 0 Å². The van der Waals surface area contributed by atoms with Crippen molar-refractivity contribution in [2.24, 2.45) is 5.92 Å². The fourth-order valence-electron chi connectivity index (χ4n) is 4.66. The number of hydrogen-bond donors (Lipinski definition) is 2. The first kappa shape index (κ1) is 21.3. The lowest BCUT2D eigenvalue weighted by molar-refractivity contribution is 0.233. The molecule has 0 bridgehead atoms. The van der Waals surface area contributed by atoms with Gasteiger partial charge in [0.1, 0.15) is 17.8 Å². The summed E-state index contributed by atoms with van der Waals surface area (Å²) in [6.07, 6.45) is 6.98. The van der Waals surface area contributed by atoms with E-state index in [1.165, 1.54) is 11.9 Å². The number of benzene rings is 1. The molecule has 3 aromatic heterocycles. The highest BCUT2D eigenvalue weighted by atomic mass is 19.1. The van der Waals surface area contributed by atoms with Crippen LogP contribution >= 0.6 is 0 Å². The molecule has 0 atom stereocenters. The molecule has 1 saturated carbocycles. The Balaban J connectivity index is 1.21. The van der Waals surface area contributed by atoms with Crippen molar-refractivity contribution in [3.63, 3.8) is 0 Å². The number of pyridine rings is 1. The summed E-state index contributed by atoms with van der Waals surface area (Å²) in [5.74, 6) is 1.11. The maximum atomic E-state index is 15.1. The number of halogens is 1. The number of hydrogen-bond acceptors (Lipinski definition) is 6. The van der Waals surface area contributed by atoms with E-state index < -0.39 is 0 Å². The maximum Gasteiger partial charge on any atom is 0.170 e. The molecule has 0 unspecified atom stereocenters. The molecule has 1 aliphatic carbocycles. The third-order valence-corrected chi connectivity index (χ3v) is 6.69. The van der Waals surface area contributed by atoms with E-state index in [9.17, 15) is 0 Å². The summed E-state index contributed by atoms with van der Waals surface area (Å²) in [4.78, 5) is 23.6. The number of imidazole rings is 1. The Morgan fingerprint density at radius 2 is 1.91 bits per heavy atom. The SMILES string of the molecule is Fc1c(CC2CC2)ncnc1-c1ccc2nc(Cc3cc(CN4CCNCC4)ccn3)[nH]c2c1. The van der Waals surface area contributed by atoms with Crippen LogP contribution in [0.1, 0.15) is 35.6 Å². The van der Waals surface area contributed by atoms with E-state index in [1.807, 2.05) is 24.4 Å². The number of aromatic nitrogens is 5. The Hall–Kier alpha value is -3.23. The van der Waals surface area contributed by atoms with Gasteiger partial charge in [-0.3, -0.25) is 9.88 Å². The van der Waals surface area contributed by atoms with Gasteiger partial charge in [-0.2, -0.15) is 0 Å². The summed E-state index contributed by atoms with van der Waals surface area (Å²) in [7, 11) is 0. The number of fused-ring (bicyclic) bond motifs is 1. The summed E-state index contributed by atoms with van der Waals surface area (Å²) in [5, 5.41) is 3.39. The molecule has 1 aromatic carbocycles. The molecule has 7 nitrogen and oxygen atoms in total. The van der Waals surface area contributed by atoms with Crippen LogP contribution in [0.15, 0.2) is 42.9 Å². The predicted octanol–water partition coefficient (Wildman–Crippen LogP) is 3.50. The molecule has 2 N–H and O–H groups in total. The highest BCUT2D eigenvalue weighted by Gasteiger charge is 2.25. The van der Waals surface area contributed by atoms with Gasteiger partial charge in [0.25, 0.3) is 0 Å². The number of aromatic amines is 1. The molecule has 2 fully saturated rings. The summed E-state index contributed by atoms with van der Waals surface area (Å²) < 4.78 is 15.1. The largest absolute Gasteiger partial charge is 0.342 e. The standard InChI is InChI=1S/C26H28FN7/c27-25-23(12-17-1-2-17)30-16-31-26(25)19-3-4-21-22(13-19)33-24(32-21)14-20-11-18(5-6-29-20)15-34-9-7-28-8-10-34/h3-6,11,13,16-17,28H,1-2,7-10,12,14-15H2,(H,32,33). The van der Waals surface area contributed by atoms with Crippen molar-refractivity contribution >= 4 is 11.0 Å². The molecule has 0 radical (unpaired) electrons. The molecule has 4 heterocycles. The van der Waals surface area contributed by atoms with Crippen LogP contribution in [-0.4, -0.2) is 56.0 Å². The molecule has 34 heavy (non-hydrogen) atoms. The van der Waals surface area contributed by atoms with Gasteiger partial charge in [0.05, 0.1) is 16.7 Å². The van der Waals surface area contributed by atoms with E-state index in [-0.39, 0.29) is 5.82 Å². The first-order valence-electron chi connectivity index (χ1n) is 12.1. The maximum absolute atomic E-state index is 15.1. The van der Waals surface area contributed by atoms with E-state index in [0.717, 1.165) is 73.7 Å². The lowest BCUT2D eigenvalue weighted by atomic mass is 10.1. The van der Waals surface area contributed by atoms with E-state index in [4.69, 9.17) is 4.98 Å². The minimum Gasteiger partial charge on any atom is -0.342 e. The molecular formula is C26H28FN7. The van der Waals surface area contributed by atoms with Gasteiger partial charge in [0, 0.05) is 56.6 Å². The molecule has 8 heteroatoms. The van der Waals surface area contributed by atoms with Crippen LogP contribution in [0, 0.1) is 11.7 Å². The number of rotatable bonds is 7. The van der Waals surface area contributed by atoms with Gasteiger partial charge in [0.15, 0.2) is 5.82 Å². The van der Waals surface area contributed by atoms with Gasteiger partial charge in [0.2, 0.25) is 0 Å². The lowest BCUT2D eigenvalue weighted by Crippen LogP contribution is -2.42. The smallest absolute Gasteiger partial charge is 0.170 e. The van der Waals surface area contributed by atoms with Gasteiger partial charge >= 0.3 is 0 Å². The van der Waals surface area contributed by atoms with Gasteiger partial charge in [-0.1, -0.05) is 6.07 Å². The Bertz CT molecular complexity index is 1310. The second-order valence-corrected chi connectivity index (χ2v) is 9.40.